The lowest BCUT2D eigenvalue weighted by molar-refractivity contribution is 0.277. The summed E-state index contributed by atoms with van der Waals surface area (Å²) in [5.74, 6) is 2.01. The Kier molecular flexibility index (Phi) is 6.37. The first kappa shape index (κ1) is 14.0. The summed E-state index contributed by atoms with van der Waals surface area (Å²) >= 11 is 0. The molecule has 2 rings (SSSR count). The average molecular weight is 226 g/mol. The van der Waals surface area contributed by atoms with E-state index in [9.17, 15) is 0 Å². The Hall–Kier alpha value is -0.0800. The maximum absolute atomic E-state index is 5.65. The fourth-order valence-electron chi connectivity index (χ4n) is 2.69. The molecule has 16 heavy (non-hydrogen) atoms. The minimum atomic E-state index is 0.281. The number of nitrogens with two attached hydrogens (primary N) is 2. The average Bonchev–Trinajstić information content (AvgIpc) is 2.28. The summed E-state index contributed by atoms with van der Waals surface area (Å²) in [7, 11) is 0. The lowest BCUT2D eigenvalue weighted by Gasteiger charge is -2.24. The molecule has 0 saturated heterocycles. The van der Waals surface area contributed by atoms with Gasteiger partial charge >= 0.3 is 0 Å². The summed E-state index contributed by atoms with van der Waals surface area (Å²) in [5.41, 5.74) is 11.3. The zero-order valence-electron chi connectivity index (χ0n) is 11.1. The van der Waals surface area contributed by atoms with Gasteiger partial charge < -0.3 is 11.5 Å². The third-order valence-corrected chi connectivity index (χ3v) is 4.42. The van der Waals surface area contributed by atoms with Crippen molar-refractivity contribution >= 4 is 0 Å². The van der Waals surface area contributed by atoms with Crippen molar-refractivity contribution in [3.05, 3.63) is 0 Å². The quantitative estimate of drug-likeness (QED) is 0.667. The van der Waals surface area contributed by atoms with E-state index >= 15 is 0 Å². The van der Waals surface area contributed by atoms with Crippen molar-refractivity contribution in [2.45, 2.75) is 77.3 Å². The van der Waals surface area contributed by atoms with Crippen LogP contribution in [-0.2, 0) is 0 Å². The maximum atomic E-state index is 5.65. The summed E-state index contributed by atoms with van der Waals surface area (Å²) in [4.78, 5) is 0. The van der Waals surface area contributed by atoms with E-state index < -0.39 is 0 Å². The molecule has 0 aromatic rings. The molecule has 2 fully saturated rings. The summed E-state index contributed by atoms with van der Waals surface area (Å²) in [6.45, 7) is 4.76. The zero-order chi connectivity index (χ0) is 12.0. The van der Waals surface area contributed by atoms with Crippen molar-refractivity contribution in [1.82, 2.24) is 0 Å². The van der Waals surface area contributed by atoms with Crippen molar-refractivity contribution in [2.75, 3.05) is 0 Å². The molecule has 2 aliphatic rings. The summed E-state index contributed by atoms with van der Waals surface area (Å²) in [6.07, 6.45) is 10.7. The van der Waals surface area contributed by atoms with Gasteiger partial charge in [0.1, 0.15) is 0 Å². The van der Waals surface area contributed by atoms with Crippen LogP contribution < -0.4 is 11.5 Å². The third-order valence-electron chi connectivity index (χ3n) is 4.42. The second kappa shape index (κ2) is 7.29. The van der Waals surface area contributed by atoms with Gasteiger partial charge in [0.15, 0.2) is 0 Å². The van der Waals surface area contributed by atoms with Gasteiger partial charge in [-0.25, -0.2) is 0 Å². The van der Waals surface area contributed by atoms with Crippen LogP contribution in [0.1, 0.15) is 65.2 Å². The van der Waals surface area contributed by atoms with Crippen LogP contribution in [0.3, 0.4) is 0 Å². The molecule has 2 aliphatic carbocycles. The van der Waals surface area contributed by atoms with Crippen molar-refractivity contribution in [3.8, 4) is 0 Å². The Morgan fingerprint density at radius 1 is 0.625 bits per heavy atom. The lowest BCUT2D eigenvalue weighted by Crippen LogP contribution is -2.43. The summed E-state index contributed by atoms with van der Waals surface area (Å²) < 4.78 is 0. The summed E-state index contributed by atoms with van der Waals surface area (Å²) in [6, 6.07) is 0.562. The maximum Gasteiger partial charge on any atom is 0.0192 e. The van der Waals surface area contributed by atoms with Crippen LogP contribution in [0.5, 0.6) is 0 Å². The molecule has 2 heteroatoms. The van der Waals surface area contributed by atoms with E-state index in [1.807, 2.05) is 0 Å². The molecule has 4 N–H and O–H groups in total. The molecule has 2 nitrogen and oxygen atoms in total. The fraction of sp³-hybridized carbons (Fsp3) is 1.00. The van der Waals surface area contributed by atoms with Crippen molar-refractivity contribution in [1.29, 1.82) is 0 Å². The highest BCUT2D eigenvalue weighted by Crippen LogP contribution is 2.28. The van der Waals surface area contributed by atoms with Gasteiger partial charge in [0, 0.05) is 12.1 Å². The highest BCUT2D eigenvalue weighted by molar-refractivity contribution is 4.79. The predicted octanol–water partition coefficient (Wildman–Crippen LogP) is 3.05. The Bertz CT molecular complexity index is 142. The topological polar surface area (TPSA) is 52.0 Å². The van der Waals surface area contributed by atoms with Crippen molar-refractivity contribution in [3.63, 3.8) is 0 Å². The normalized spacial score (nSPS) is 39.8. The monoisotopic (exact) mass is 226 g/mol. The molecule has 96 valence electrons. The fourth-order valence-corrected chi connectivity index (χ4v) is 2.69. The molecule has 0 spiro atoms. The second-order valence-corrected chi connectivity index (χ2v) is 5.85. The van der Waals surface area contributed by atoms with E-state index in [1.165, 1.54) is 38.5 Å². The van der Waals surface area contributed by atoms with Crippen LogP contribution in [0.2, 0.25) is 0 Å². The minimum absolute atomic E-state index is 0.281. The minimum Gasteiger partial charge on any atom is -0.326 e. The van der Waals surface area contributed by atoms with Gasteiger partial charge in [0.2, 0.25) is 0 Å². The van der Waals surface area contributed by atoms with E-state index in [-0.39, 0.29) is 12.1 Å². The molecule has 0 aromatic carbocycles. The Morgan fingerprint density at radius 3 is 1.19 bits per heavy atom. The molecule has 0 aliphatic heterocycles. The first-order chi connectivity index (χ1) is 7.61. The number of hydrogen-bond acceptors (Lipinski definition) is 2. The highest BCUT2D eigenvalue weighted by Gasteiger charge is 2.16. The predicted molar refractivity (Wildman–Crippen MR) is 71.2 cm³/mol. The van der Waals surface area contributed by atoms with Crippen LogP contribution >= 0.6 is 0 Å². The third kappa shape index (κ3) is 4.84. The number of hydrogen-bond donors (Lipinski definition) is 2. The van der Waals surface area contributed by atoms with Gasteiger partial charge in [-0.05, 0) is 24.7 Å². The molecule has 2 saturated carbocycles. The van der Waals surface area contributed by atoms with Gasteiger partial charge in [-0.2, -0.15) is 0 Å². The Labute approximate surface area is 101 Å². The van der Waals surface area contributed by atoms with Crippen LogP contribution in [-0.4, -0.2) is 12.1 Å². The first-order valence-corrected chi connectivity index (χ1v) is 7.12. The van der Waals surface area contributed by atoms with E-state index in [4.69, 9.17) is 11.5 Å². The smallest absolute Gasteiger partial charge is 0.0192 e. The van der Waals surface area contributed by atoms with Gasteiger partial charge in [0.05, 0.1) is 0 Å². The molecule has 4 atom stereocenters. The van der Waals surface area contributed by atoms with E-state index in [0.717, 1.165) is 24.7 Å². The Morgan fingerprint density at radius 2 is 0.938 bits per heavy atom. The highest BCUT2D eigenvalue weighted by atomic mass is 14.8. The van der Waals surface area contributed by atoms with E-state index in [0.29, 0.717) is 0 Å². The van der Waals surface area contributed by atoms with E-state index in [1.54, 1.807) is 0 Å². The van der Waals surface area contributed by atoms with Gasteiger partial charge in [-0.1, -0.05) is 52.4 Å². The van der Waals surface area contributed by atoms with Crippen LogP contribution in [0.4, 0.5) is 0 Å². The lowest BCUT2D eigenvalue weighted by atomic mass is 9.82. The molecule has 0 radical (unpaired) electrons. The van der Waals surface area contributed by atoms with Crippen LogP contribution in [0.15, 0.2) is 0 Å². The molecule has 0 unspecified atom stereocenters. The van der Waals surface area contributed by atoms with Crippen molar-refractivity contribution < 1.29 is 0 Å². The first-order valence-electron chi connectivity index (χ1n) is 7.12. The SMILES string of the molecule is C[C@H]1CCCC[C@@H]1C.N[C@H]1CCCC[C@@H]1N. The van der Waals surface area contributed by atoms with Crippen molar-refractivity contribution in [2.24, 2.45) is 23.3 Å². The number of rotatable bonds is 0. The largest absolute Gasteiger partial charge is 0.326 e. The molecule has 0 amide bonds. The van der Waals surface area contributed by atoms with Gasteiger partial charge in [0.25, 0.3) is 0 Å². The van der Waals surface area contributed by atoms with E-state index in [2.05, 4.69) is 13.8 Å². The zero-order valence-corrected chi connectivity index (χ0v) is 11.1. The standard InChI is InChI=1S/C8H16.C6H14N2/c1-7-5-3-4-6-8(7)2;7-5-3-1-2-4-6(5)8/h7-8H,3-6H2,1-2H3;5-6H,1-4,7-8H2/t7-,8-;5-,6-/m00/s1. The van der Waals surface area contributed by atoms with Gasteiger partial charge in [-0.15, -0.1) is 0 Å². The molecular weight excluding hydrogens is 196 g/mol. The Balaban J connectivity index is 0.000000160. The molecule has 0 bridgehead atoms. The second-order valence-electron chi connectivity index (χ2n) is 5.85. The molecule has 0 aromatic heterocycles. The molecule has 0 heterocycles. The van der Waals surface area contributed by atoms with Crippen LogP contribution in [0, 0.1) is 11.8 Å². The van der Waals surface area contributed by atoms with Gasteiger partial charge in [-0.3, -0.25) is 0 Å². The van der Waals surface area contributed by atoms with Crippen LogP contribution in [0.25, 0.3) is 0 Å². The molecular formula is C14H30N2. The summed E-state index contributed by atoms with van der Waals surface area (Å²) in [5, 5.41) is 0.